The Kier molecular flexibility index (Phi) is 4.43. The molecule has 8 nitrogen and oxygen atoms in total. The second-order valence-electron chi connectivity index (χ2n) is 5.80. The summed E-state index contributed by atoms with van der Waals surface area (Å²) in [6, 6.07) is 4.55. The Labute approximate surface area is 152 Å². The third kappa shape index (κ3) is 3.08. The molecule has 1 aromatic heterocycles. The minimum Gasteiger partial charge on any atom is -0.441 e. The molecule has 1 atom stereocenters. The number of hydrogen-bond donors (Lipinski definition) is 1. The van der Waals surface area contributed by atoms with Crippen molar-refractivity contribution in [3.05, 3.63) is 35.6 Å². The lowest BCUT2D eigenvalue weighted by Crippen LogP contribution is -2.38. The third-order valence-electron chi connectivity index (χ3n) is 4.15. The molecule has 0 unspecified atom stereocenters. The second-order valence-corrected chi connectivity index (χ2v) is 6.67. The van der Waals surface area contributed by atoms with Crippen LogP contribution < -0.4 is 14.8 Å². The zero-order chi connectivity index (χ0) is 18.1. The summed E-state index contributed by atoms with van der Waals surface area (Å²) in [6.07, 6.45) is 2.10. The molecule has 3 heterocycles. The molecule has 10 heteroatoms. The molecule has 0 aliphatic carbocycles. The number of aliphatic hydroxyl groups is 1. The van der Waals surface area contributed by atoms with E-state index in [0.717, 1.165) is 5.13 Å². The molecule has 136 valence electrons. The fourth-order valence-corrected chi connectivity index (χ4v) is 3.46. The number of hydrogen-bond acceptors (Lipinski definition) is 8. The highest BCUT2D eigenvalue weighted by Crippen LogP contribution is 2.28. The van der Waals surface area contributed by atoms with Gasteiger partial charge in [0.25, 0.3) is 0 Å². The number of carbonyl (C=O) groups excluding carboxylic acids is 1. The summed E-state index contributed by atoms with van der Waals surface area (Å²) in [6.45, 7) is 1.07. The van der Waals surface area contributed by atoms with Crippen LogP contribution >= 0.6 is 11.3 Å². The molecule has 0 spiro atoms. The van der Waals surface area contributed by atoms with Gasteiger partial charge in [0.2, 0.25) is 5.13 Å². The van der Waals surface area contributed by atoms with Crippen molar-refractivity contribution in [3.63, 3.8) is 0 Å². The first-order chi connectivity index (χ1) is 12.7. The second kappa shape index (κ2) is 6.89. The van der Waals surface area contributed by atoms with Crippen LogP contribution in [0.25, 0.3) is 0 Å². The van der Waals surface area contributed by atoms with E-state index in [0.29, 0.717) is 24.5 Å². The number of cyclic esters (lactones) is 1. The van der Waals surface area contributed by atoms with E-state index in [9.17, 15) is 9.18 Å². The molecule has 4 rings (SSSR count). The van der Waals surface area contributed by atoms with Crippen LogP contribution in [0.5, 0.6) is 0 Å². The maximum absolute atomic E-state index is 14.6. The molecule has 2 aliphatic heterocycles. The first kappa shape index (κ1) is 16.7. The van der Waals surface area contributed by atoms with E-state index in [1.54, 1.807) is 34.6 Å². The number of nitrogens with zero attached hydrogens (tertiary/aromatic N) is 5. The molecule has 2 aliphatic rings. The lowest BCUT2D eigenvalue weighted by molar-refractivity contribution is 0.0963. The molecule has 1 aromatic carbocycles. The average Bonchev–Trinajstić information content (AvgIpc) is 3.31. The molecule has 0 saturated carbocycles. The van der Waals surface area contributed by atoms with Gasteiger partial charge in [0.1, 0.15) is 18.3 Å². The number of rotatable bonds is 4. The summed E-state index contributed by atoms with van der Waals surface area (Å²) < 4.78 is 19.6. The van der Waals surface area contributed by atoms with Crippen LogP contribution in [0.2, 0.25) is 0 Å². The fourth-order valence-electron chi connectivity index (χ4n) is 2.84. The number of hydrazone groups is 1. The zero-order valence-corrected chi connectivity index (χ0v) is 14.5. The number of benzene rings is 1. The van der Waals surface area contributed by atoms with Crippen LogP contribution in [-0.2, 0) is 4.74 Å². The Balaban J connectivity index is 1.50. The van der Waals surface area contributed by atoms with E-state index in [1.165, 1.54) is 22.3 Å². The fraction of sp³-hybridized carbons (Fsp3) is 0.312. The number of thiazole rings is 1. The average molecular weight is 377 g/mol. The highest BCUT2D eigenvalue weighted by molar-refractivity contribution is 7.13. The number of aliphatic hydroxyl groups excluding tert-OH is 1. The van der Waals surface area contributed by atoms with Crippen molar-refractivity contribution in [2.45, 2.75) is 6.10 Å². The minimum atomic E-state index is -0.588. The standard InChI is InChI=1S/C16H16FN5O3S/c17-13-7-11(21-8-12(9-23)25-16(21)24)1-2-14(13)20-4-5-22(19-10-20)15-18-3-6-26-15/h1-3,6-7,10,12,23H,4-5,8-9H2/t12-/m1/s1. The van der Waals surface area contributed by atoms with Crippen LogP contribution in [0.3, 0.4) is 0 Å². The predicted molar refractivity (Wildman–Crippen MR) is 96.4 cm³/mol. The Morgan fingerprint density at radius 3 is 2.88 bits per heavy atom. The third-order valence-corrected chi connectivity index (χ3v) is 4.94. The quantitative estimate of drug-likeness (QED) is 0.876. The summed E-state index contributed by atoms with van der Waals surface area (Å²) in [5.74, 6) is -0.461. The van der Waals surface area contributed by atoms with Gasteiger partial charge in [-0.05, 0) is 18.2 Å². The van der Waals surface area contributed by atoms with Gasteiger partial charge in [0.05, 0.1) is 31.1 Å². The monoisotopic (exact) mass is 377 g/mol. The molecule has 26 heavy (non-hydrogen) atoms. The van der Waals surface area contributed by atoms with Gasteiger partial charge < -0.3 is 14.7 Å². The van der Waals surface area contributed by atoms with Crippen molar-refractivity contribution in [2.24, 2.45) is 5.10 Å². The molecule has 0 bridgehead atoms. The Hall–Kier alpha value is -2.72. The molecule has 1 fully saturated rings. The maximum atomic E-state index is 14.6. The molecule has 1 amide bonds. The van der Waals surface area contributed by atoms with Gasteiger partial charge in [-0.15, -0.1) is 11.3 Å². The van der Waals surface area contributed by atoms with Gasteiger partial charge >= 0.3 is 6.09 Å². The van der Waals surface area contributed by atoms with E-state index in [-0.39, 0.29) is 13.2 Å². The highest BCUT2D eigenvalue weighted by atomic mass is 32.1. The van der Waals surface area contributed by atoms with Crippen LogP contribution in [0, 0.1) is 5.82 Å². The molecule has 1 N–H and O–H groups in total. The van der Waals surface area contributed by atoms with Crippen molar-refractivity contribution in [3.8, 4) is 0 Å². The summed E-state index contributed by atoms with van der Waals surface area (Å²) >= 11 is 1.49. The van der Waals surface area contributed by atoms with Gasteiger partial charge in [-0.1, -0.05) is 0 Å². The van der Waals surface area contributed by atoms with Gasteiger partial charge in [-0.3, -0.25) is 4.90 Å². The van der Waals surface area contributed by atoms with Crippen molar-refractivity contribution in [1.82, 2.24) is 4.98 Å². The van der Waals surface area contributed by atoms with Crippen LogP contribution in [0.4, 0.5) is 25.7 Å². The lowest BCUT2D eigenvalue weighted by Gasteiger charge is -2.29. The van der Waals surface area contributed by atoms with Gasteiger partial charge in [-0.25, -0.2) is 19.2 Å². The van der Waals surface area contributed by atoms with Gasteiger partial charge in [0.15, 0.2) is 0 Å². The van der Waals surface area contributed by atoms with Crippen LogP contribution in [0.1, 0.15) is 0 Å². The molecular weight excluding hydrogens is 361 g/mol. The normalized spacial score (nSPS) is 20.0. The smallest absolute Gasteiger partial charge is 0.414 e. The number of anilines is 3. The largest absolute Gasteiger partial charge is 0.441 e. The number of amides is 1. The van der Waals surface area contributed by atoms with E-state index >= 15 is 0 Å². The lowest BCUT2D eigenvalue weighted by atomic mass is 10.2. The Morgan fingerprint density at radius 2 is 2.27 bits per heavy atom. The summed E-state index contributed by atoms with van der Waals surface area (Å²) in [5.41, 5.74) is 0.771. The summed E-state index contributed by atoms with van der Waals surface area (Å²) in [5, 5.41) is 17.8. The van der Waals surface area contributed by atoms with Gasteiger partial charge in [0, 0.05) is 18.1 Å². The number of aromatic nitrogens is 1. The number of halogens is 1. The predicted octanol–water partition coefficient (Wildman–Crippen LogP) is 1.87. The molecule has 1 saturated heterocycles. The van der Waals surface area contributed by atoms with Crippen molar-refractivity contribution < 1.29 is 19.0 Å². The van der Waals surface area contributed by atoms with Crippen molar-refractivity contribution in [2.75, 3.05) is 41.0 Å². The van der Waals surface area contributed by atoms with Gasteiger partial charge in [-0.2, -0.15) is 5.10 Å². The molecule has 0 radical (unpaired) electrons. The topological polar surface area (TPSA) is 81.5 Å². The van der Waals surface area contributed by atoms with Crippen molar-refractivity contribution in [1.29, 1.82) is 0 Å². The first-order valence-corrected chi connectivity index (χ1v) is 8.90. The number of ether oxygens (including phenoxy) is 1. The zero-order valence-electron chi connectivity index (χ0n) is 13.7. The molecular formula is C16H16FN5O3S. The SMILES string of the molecule is O=C1O[C@@H](CO)CN1c1ccc(N2C=NN(c3nccs3)CC2)c(F)c1. The van der Waals surface area contributed by atoms with Crippen molar-refractivity contribution >= 4 is 40.3 Å². The van der Waals surface area contributed by atoms with E-state index in [2.05, 4.69) is 10.1 Å². The Bertz CT molecular complexity index is 831. The highest BCUT2D eigenvalue weighted by Gasteiger charge is 2.32. The summed E-state index contributed by atoms with van der Waals surface area (Å²) in [4.78, 5) is 19.0. The first-order valence-electron chi connectivity index (χ1n) is 8.02. The number of carbonyl (C=O) groups is 1. The minimum absolute atomic E-state index is 0.196. The van der Waals surface area contributed by atoms with E-state index in [1.807, 2.05) is 5.38 Å². The Morgan fingerprint density at radius 1 is 1.38 bits per heavy atom. The molecule has 2 aromatic rings. The van der Waals surface area contributed by atoms with Crippen LogP contribution in [-0.4, -0.2) is 54.9 Å². The van der Waals surface area contributed by atoms with Crippen LogP contribution in [0.15, 0.2) is 34.9 Å². The maximum Gasteiger partial charge on any atom is 0.414 e. The summed E-state index contributed by atoms with van der Waals surface area (Å²) in [7, 11) is 0. The van der Waals surface area contributed by atoms with E-state index in [4.69, 9.17) is 9.84 Å². The van der Waals surface area contributed by atoms with E-state index < -0.39 is 18.0 Å².